The number of aliphatic hydroxyl groups excluding tert-OH is 1. The minimum absolute atomic E-state index is 0.132. The second-order valence-corrected chi connectivity index (χ2v) is 9.10. The first-order chi connectivity index (χ1) is 13.4. The molecule has 0 aliphatic carbocycles. The lowest BCUT2D eigenvalue weighted by Crippen LogP contribution is -2.44. The van der Waals surface area contributed by atoms with Crippen molar-refractivity contribution >= 4 is 21.0 Å². The molecule has 28 heavy (non-hydrogen) atoms. The van der Waals surface area contributed by atoms with Gasteiger partial charge < -0.3 is 14.8 Å². The van der Waals surface area contributed by atoms with Gasteiger partial charge in [0.15, 0.2) is 0 Å². The molecule has 1 aromatic carbocycles. The van der Waals surface area contributed by atoms with Crippen molar-refractivity contribution in [3.63, 3.8) is 0 Å². The summed E-state index contributed by atoms with van der Waals surface area (Å²) in [6.07, 6.45) is 3.87. The first-order valence-corrected chi connectivity index (χ1v) is 11.5. The molecule has 1 unspecified atom stereocenters. The van der Waals surface area contributed by atoms with Gasteiger partial charge in [-0.1, -0.05) is 6.92 Å². The van der Waals surface area contributed by atoms with Crippen LogP contribution in [0.1, 0.15) is 43.5 Å². The van der Waals surface area contributed by atoms with E-state index in [0.717, 1.165) is 31.7 Å². The van der Waals surface area contributed by atoms with Crippen LogP contribution in [0.5, 0.6) is 5.75 Å². The van der Waals surface area contributed by atoms with E-state index in [9.17, 15) is 13.5 Å². The summed E-state index contributed by atoms with van der Waals surface area (Å²) in [5.74, 6) is 1.13. The molecule has 156 valence electrons. The summed E-state index contributed by atoms with van der Waals surface area (Å²) in [6.45, 7) is 4.21. The Morgan fingerprint density at radius 3 is 2.71 bits per heavy atom. The number of nitrogens with one attached hydrogen (secondary N) is 1. The van der Waals surface area contributed by atoms with Gasteiger partial charge in [-0.2, -0.15) is 8.42 Å². The SMILES string of the molecule is CCCS(=O)(=O)O.COc1ccc2[nH]c3c(c2c1)CCN1CCC[C@H](CO)C31. The van der Waals surface area contributed by atoms with Crippen LogP contribution in [0.2, 0.25) is 0 Å². The van der Waals surface area contributed by atoms with E-state index in [1.165, 1.54) is 28.6 Å². The van der Waals surface area contributed by atoms with E-state index < -0.39 is 10.1 Å². The highest BCUT2D eigenvalue weighted by Crippen LogP contribution is 2.42. The van der Waals surface area contributed by atoms with Gasteiger partial charge in [-0.05, 0) is 56.0 Å². The Labute approximate surface area is 166 Å². The zero-order valence-corrected chi connectivity index (χ0v) is 17.3. The summed E-state index contributed by atoms with van der Waals surface area (Å²) in [6, 6.07) is 6.60. The first-order valence-electron chi connectivity index (χ1n) is 9.86. The maximum absolute atomic E-state index is 9.79. The van der Waals surface area contributed by atoms with Crippen LogP contribution in [0, 0.1) is 5.92 Å². The number of rotatable bonds is 4. The Balaban J connectivity index is 0.000000279. The van der Waals surface area contributed by atoms with Crippen molar-refractivity contribution in [2.24, 2.45) is 5.92 Å². The molecule has 0 saturated carbocycles. The second kappa shape index (κ2) is 8.82. The number of H-pyrrole nitrogens is 1. The number of fused-ring (bicyclic) bond motifs is 5. The highest BCUT2D eigenvalue weighted by molar-refractivity contribution is 7.85. The minimum Gasteiger partial charge on any atom is -0.497 e. The third kappa shape index (κ3) is 4.51. The summed E-state index contributed by atoms with van der Waals surface area (Å²) in [5.41, 5.74) is 3.93. The molecule has 3 N–H and O–H groups in total. The van der Waals surface area contributed by atoms with E-state index >= 15 is 0 Å². The fourth-order valence-corrected chi connectivity index (χ4v) is 4.94. The topological polar surface area (TPSA) is 103 Å². The fraction of sp³-hybridized carbons (Fsp3) is 0.600. The zero-order chi connectivity index (χ0) is 20.3. The predicted molar refractivity (Wildman–Crippen MR) is 109 cm³/mol. The molecule has 2 aliphatic heterocycles. The molecule has 4 rings (SSSR count). The van der Waals surface area contributed by atoms with Gasteiger partial charge >= 0.3 is 0 Å². The van der Waals surface area contributed by atoms with Crippen LogP contribution in [0.3, 0.4) is 0 Å². The molecule has 2 atom stereocenters. The largest absolute Gasteiger partial charge is 0.497 e. The number of benzene rings is 1. The number of hydrogen-bond donors (Lipinski definition) is 3. The minimum atomic E-state index is -3.67. The normalized spacial score (nSPS) is 22.1. The molecular formula is C20H30N2O5S. The Hall–Kier alpha value is -1.61. The van der Waals surface area contributed by atoms with Gasteiger partial charge in [-0.15, -0.1) is 0 Å². The first kappa shape index (κ1) is 21.1. The summed E-state index contributed by atoms with van der Waals surface area (Å²) >= 11 is 0. The molecule has 0 amide bonds. The average molecular weight is 411 g/mol. The van der Waals surface area contributed by atoms with Gasteiger partial charge in [0.2, 0.25) is 0 Å². The van der Waals surface area contributed by atoms with Crippen LogP contribution in [0.15, 0.2) is 18.2 Å². The van der Waals surface area contributed by atoms with Crippen LogP contribution in [0.25, 0.3) is 10.9 Å². The number of piperidine rings is 1. The monoisotopic (exact) mass is 410 g/mol. The number of ether oxygens (including phenoxy) is 1. The van der Waals surface area contributed by atoms with Crippen LogP contribution < -0.4 is 4.74 Å². The van der Waals surface area contributed by atoms with Crippen molar-refractivity contribution in [3.8, 4) is 5.75 Å². The van der Waals surface area contributed by atoms with Gasteiger partial charge in [0, 0.05) is 35.7 Å². The van der Waals surface area contributed by atoms with E-state index in [2.05, 4.69) is 22.0 Å². The molecule has 1 aromatic heterocycles. The Morgan fingerprint density at radius 1 is 1.32 bits per heavy atom. The smallest absolute Gasteiger partial charge is 0.264 e. The van der Waals surface area contributed by atoms with E-state index in [1.807, 2.05) is 6.07 Å². The molecule has 1 saturated heterocycles. The van der Waals surface area contributed by atoms with Crippen LogP contribution in [-0.4, -0.2) is 60.5 Å². The number of aliphatic hydroxyl groups is 1. The van der Waals surface area contributed by atoms with Crippen LogP contribution in [0.4, 0.5) is 0 Å². The molecule has 1 fully saturated rings. The lowest BCUT2D eigenvalue weighted by Gasteiger charge is -2.43. The average Bonchev–Trinajstić information content (AvgIpc) is 3.04. The summed E-state index contributed by atoms with van der Waals surface area (Å²) in [5, 5.41) is 11.0. The summed E-state index contributed by atoms with van der Waals surface area (Å²) < 4.78 is 32.9. The molecule has 0 radical (unpaired) electrons. The Kier molecular flexibility index (Phi) is 6.65. The molecule has 2 aliphatic rings. The zero-order valence-electron chi connectivity index (χ0n) is 16.5. The fourth-order valence-electron chi connectivity index (χ4n) is 4.42. The maximum atomic E-state index is 9.79. The Morgan fingerprint density at radius 2 is 2.11 bits per heavy atom. The number of hydrogen-bond acceptors (Lipinski definition) is 5. The molecule has 3 heterocycles. The van der Waals surface area contributed by atoms with E-state index in [1.54, 1.807) is 14.0 Å². The molecular weight excluding hydrogens is 380 g/mol. The van der Waals surface area contributed by atoms with E-state index in [-0.39, 0.29) is 12.4 Å². The highest BCUT2D eigenvalue weighted by Gasteiger charge is 2.37. The van der Waals surface area contributed by atoms with Gasteiger partial charge in [0.05, 0.1) is 18.9 Å². The molecule has 2 aromatic rings. The highest BCUT2D eigenvalue weighted by atomic mass is 32.2. The standard InChI is InChI=1S/C17H22N2O2.C3H8O3S/c1-21-12-4-5-15-14(9-12)13-6-8-19-7-2-3-11(10-20)17(19)16(13)18-15;1-2-3-7(4,5)6/h4-5,9,11,17-18,20H,2-3,6-8,10H2,1H3;2-3H2,1H3,(H,4,5,6)/t11-,17?;/m1./s1. The third-order valence-electron chi connectivity index (χ3n) is 5.65. The maximum Gasteiger partial charge on any atom is 0.264 e. The van der Waals surface area contributed by atoms with Gasteiger partial charge in [0.1, 0.15) is 5.75 Å². The van der Waals surface area contributed by atoms with Crippen LogP contribution >= 0.6 is 0 Å². The number of aromatic nitrogens is 1. The van der Waals surface area contributed by atoms with Crippen LogP contribution in [-0.2, 0) is 16.5 Å². The second-order valence-electron chi connectivity index (χ2n) is 7.53. The number of methoxy groups -OCH3 is 1. The van der Waals surface area contributed by atoms with Gasteiger partial charge in [-0.25, -0.2) is 0 Å². The quantitative estimate of drug-likeness (QED) is 0.670. The lowest BCUT2D eigenvalue weighted by molar-refractivity contribution is 0.0465. The van der Waals surface area contributed by atoms with Crippen molar-refractivity contribution in [1.29, 1.82) is 0 Å². The van der Waals surface area contributed by atoms with Crippen molar-refractivity contribution in [1.82, 2.24) is 9.88 Å². The predicted octanol–water partition coefficient (Wildman–Crippen LogP) is 2.76. The molecule has 8 heteroatoms. The van der Waals surface area contributed by atoms with Crippen molar-refractivity contribution in [3.05, 3.63) is 29.5 Å². The third-order valence-corrected chi connectivity index (χ3v) is 6.57. The summed E-state index contributed by atoms with van der Waals surface area (Å²) in [7, 11) is -1.96. The van der Waals surface area contributed by atoms with Crippen molar-refractivity contribution in [2.75, 3.05) is 32.6 Å². The van der Waals surface area contributed by atoms with E-state index in [4.69, 9.17) is 9.29 Å². The van der Waals surface area contributed by atoms with E-state index in [0.29, 0.717) is 18.4 Å². The van der Waals surface area contributed by atoms with Crippen molar-refractivity contribution in [2.45, 2.75) is 38.6 Å². The molecule has 0 bridgehead atoms. The molecule has 7 nitrogen and oxygen atoms in total. The number of nitrogens with zero attached hydrogens (tertiary/aromatic N) is 1. The van der Waals surface area contributed by atoms with Gasteiger partial charge in [0.25, 0.3) is 10.1 Å². The van der Waals surface area contributed by atoms with Crippen molar-refractivity contribution < 1.29 is 22.8 Å². The Bertz CT molecular complexity index is 909. The lowest BCUT2D eigenvalue weighted by atomic mass is 9.83. The number of aromatic amines is 1. The summed E-state index contributed by atoms with van der Waals surface area (Å²) in [4.78, 5) is 6.16. The van der Waals surface area contributed by atoms with Gasteiger partial charge in [-0.3, -0.25) is 9.45 Å². The molecule has 0 spiro atoms.